The van der Waals surface area contributed by atoms with Crippen LogP contribution >= 0.6 is 0 Å². The van der Waals surface area contributed by atoms with Gasteiger partial charge in [-0.15, -0.1) is 0 Å². The quantitative estimate of drug-likeness (QED) is 0.868. The summed E-state index contributed by atoms with van der Waals surface area (Å²) >= 11 is 0. The molecule has 1 aliphatic carbocycles. The molecule has 1 heterocycles. The molecule has 1 saturated carbocycles. The molecule has 0 radical (unpaired) electrons. The Balaban J connectivity index is 1.97. The monoisotopic (exact) mass is 251 g/mol. The molecule has 0 aliphatic heterocycles. The standard InChI is InChI=1S/C14H21NO3/c1-9-7-13(17)15(14(9)18)8-11-3-5-12(6-4-11)10(2)16/h7,11-12,17-18H,3-6,8H2,1-2H3. The van der Waals surface area contributed by atoms with Gasteiger partial charge in [0.15, 0.2) is 11.8 Å². The van der Waals surface area contributed by atoms with Gasteiger partial charge in [0, 0.05) is 24.1 Å². The van der Waals surface area contributed by atoms with Crippen LogP contribution < -0.4 is 0 Å². The first-order valence-corrected chi connectivity index (χ1v) is 6.57. The minimum Gasteiger partial charge on any atom is -0.494 e. The number of Topliss-reactive ketones (excluding diaryl/α,β-unsaturated/α-hetero) is 1. The maximum Gasteiger partial charge on any atom is 0.196 e. The second kappa shape index (κ2) is 5.04. The van der Waals surface area contributed by atoms with Gasteiger partial charge in [0.25, 0.3) is 0 Å². The number of rotatable bonds is 3. The van der Waals surface area contributed by atoms with Crippen LogP contribution in [0, 0.1) is 18.8 Å². The summed E-state index contributed by atoms with van der Waals surface area (Å²) in [4.78, 5) is 11.3. The third-order valence-electron chi connectivity index (χ3n) is 4.09. The highest BCUT2D eigenvalue weighted by Crippen LogP contribution is 2.34. The zero-order valence-corrected chi connectivity index (χ0v) is 11.0. The van der Waals surface area contributed by atoms with E-state index in [1.807, 2.05) is 0 Å². The first-order valence-electron chi connectivity index (χ1n) is 6.57. The summed E-state index contributed by atoms with van der Waals surface area (Å²) in [5.74, 6) is 1.22. The van der Waals surface area contributed by atoms with Gasteiger partial charge in [-0.2, -0.15) is 0 Å². The highest BCUT2D eigenvalue weighted by molar-refractivity contribution is 5.78. The number of hydrogen-bond donors (Lipinski definition) is 2. The zero-order chi connectivity index (χ0) is 13.3. The van der Waals surface area contributed by atoms with Gasteiger partial charge in [0.05, 0.1) is 0 Å². The highest BCUT2D eigenvalue weighted by Gasteiger charge is 2.25. The van der Waals surface area contributed by atoms with Crippen molar-refractivity contribution >= 4 is 5.78 Å². The van der Waals surface area contributed by atoms with Gasteiger partial charge in [-0.1, -0.05) is 0 Å². The molecule has 100 valence electrons. The molecule has 0 saturated heterocycles. The lowest BCUT2D eigenvalue weighted by molar-refractivity contribution is -0.121. The number of ketones is 1. The van der Waals surface area contributed by atoms with Crippen molar-refractivity contribution in [2.45, 2.75) is 46.1 Å². The van der Waals surface area contributed by atoms with E-state index in [0.717, 1.165) is 25.7 Å². The lowest BCUT2D eigenvalue weighted by Crippen LogP contribution is -2.22. The Kier molecular flexibility index (Phi) is 3.64. The van der Waals surface area contributed by atoms with E-state index in [0.29, 0.717) is 18.0 Å². The fourth-order valence-electron chi connectivity index (χ4n) is 2.85. The Hall–Kier alpha value is -1.45. The zero-order valence-electron chi connectivity index (χ0n) is 11.0. The lowest BCUT2D eigenvalue weighted by Gasteiger charge is -2.27. The summed E-state index contributed by atoms with van der Waals surface area (Å²) in [6, 6.07) is 1.58. The molecule has 2 N–H and O–H groups in total. The van der Waals surface area contributed by atoms with E-state index < -0.39 is 0 Å². The van der Waals surface area contributed by atoms with E-state index in [1.165, 1.54) is 0 Å². The number of nitrogens with zero attached hydrogens (tertiary/aromatic N) is 1. The molecule has 1 aromatic rings. The van der Waals surface area contributed by atoms with Crippen LogP contribution in [0.25, 0.3) is 0 Å². The molecule has 0 bridgehead atoms. The van der Waals surface area contributed by atoms with Crippen molar-refractivity contribution in [2.24, 2.45) is 11.8 Å². The molecule has 4 nitrogen and oxygen atoms in total. The third kappa shape index (κ3) is 2.52. The van der Waals surface area contributed by atoms with Crippen LogP contribution in [0.4, 0.5) is 0 Å². The molecule has 0 atom stereocenters. The Bertz CT molecular complexity index is 442. The molecule has 1 aliphatic rings. The first-order chi connectivity index (χ1) is 8.49. The van der Waals surface area contributed by atoms with Gasteiger partial charge < -0.3 is 10.2 Å². The number of carbonyl (C=O) groups excluding carboxylic acids is 1. The van der Waals surface area contributed by atoms with Crippen LogP contribution in [-0.4, -0.2) is 20.6 Å². The minimum atomic E-state index is 0.124. The normalized spacial score (nSPS) is 24.1. The molecule has 0 spiro atoms. The number of aromatic hydroxyl groups is 2. The Morgan fingerprint density at radius 2 is 1.94 bits per heavy atom. The summed E-state index contributed by atoms with van der Waals surface area (Å²) < 4.78 is 1.56. The Labute approximate surface area is 107 Å². The summed E-state index contributed by atoms with van der Waals surface area (Å²) in [6.45, 7) is 4.08. The average Bonchev–Trinajstić information content (AvgIpc) is 2.57. The molecule has 0 aromatic carbocycles. The summed E-state index contributed by atoms with van der Waals surface area (Å²) in [6.07, 6.45) is 3.84. The summed E-state index contributed by atoms with van der Waals surface area (Å²) in [5.41, 5.74) is 0.699. The fourth-order valence-corrected chi connectivity index (χ4v) is 2.85. The molecule has 18 heavy (non-hydrogen) atoms. The van der Waals surface area contributed by atoms with E-state index in [2.05, 4.69) is 0 Å². The number of aromatic nitrogens is 1. The molecule has 1 fully saturated rings. The van der Waals surface area contributed by atoms with Gasteiger partial charge in [-0.25, -0.2) is 0 Å². The van der Waals surface area contributed by atoms with Gasteiger partial charge in [0.2, 0.25) is 0 Å². The predicted molar refractivity (Wildman–Crippen MR) is 68.6 cm³/mol. The van der Waals surface area contributed by atoms with Crippen molar-refractivity contribution in [1.82, 2.24) is 4.57 Å². The second-order valence-electron chi connectivity index (χ2n) is 5.45. The van der Waals surface area contributed by atoms with Crippen LogP contribution in [0.15, 0.2) is 6.07 Å². The van der Waals surface area contributed by atoms with E-state index in [4.69, 9.17) is 0 Å². The average molecular weight is 251 g/mol. The van der Waals surface area contributed by atoms with Crippen LogP contribution in [-0.2, 0) is 11.3 Å². The second-order valence-corrected chi connectivity index (χ2v) is 5.45. The maximum absolute atomic E-state index is 11.3. The van der Waals surface area contributed by atoms with Gasteiger partial charge >= 0.3 is 0 Å². The van der Waals surface area contributed by atoms with E-state index in [9.17, 15) is 15.0 Å². The van der Waals surface area contributed by atoms with Crippen molar-refractivity contribution in [1.29, 1.82) is 0 Å². The largest absolute Gasteiger partial charge is 0.494 e. The number of hydrogen-bond acceptors (Lipinski definition) is 3. The SMILES string of the molecule is CC(=O)C1CCC(Cn2c(O)cc(C)c2O)CC1. The van der Waals surface area contributed by atoms with Crippen LogP contribution in [0.5, 0.6) is 11.8 Å². The van der Waals surface area contributed by atoms with Crippen LogP contribution in [0.2, 0.25) is 0 Å². The molecular weight excluding hydrogens is 230 g/mol. The Morgan fingerprint density at radius 1 is 1.33 bits per heavy atom. The number of carbonyl (C=O) groups is 1. The van der Waals surface area contributed by atoms with Crippen LogP contribution in [0.1, 0.15) is 38.2 Å². The van der Waals surface area contributed by atoms with Crippen molar-refractivity contribution in [3.8, 4) is 11.8 Å². The van der Waals surface area contributed by atoms with E-state index >= 15 is 0 Å². The van der Waals surface area contributed by atoms with Crippen molar-refractivity contribution in [3.63, 3.8) is 0 Å². The van der Waals surface area contributed by atoms with E-state index in [-0.39, 0.29) is 23.5 Å². The third-order valence-corrected chi connectivity index (χ3v) is 4.09. The van der Waals surface area contributed by atoms with Crippen LogP contribution in [0.3, 0.4) is 0 Å². The Morgan fingerprint density at radius 3 is 2.39 bits per heavy atom. The van der Waals surface area contributed by atoms with E-state index in [1.54, 1.807) is 24.5 Å². The molecule has 0 amide bonds. The highest BCUT2D eigenvalue weighted by atomic mass is 16.3. The smallest absolute Gasteiger partial charge is 0.196 e. The van der Waals surface area contributed by atoms with Crippen molar-refractivity contribution < 1.29 is 15.0 Å². The first kappa shape index (κ1) is 13.0. The number of aryl methyl sites for hydroxylation is 1. The van der Waals surface area contributed by atoms with Crippen molar-refractivity contribution in [2.75, 3.05) is 0 Å². The maximum atomic E-state index is 11.3. The molecular formula is C14H21NO3. The predicted octanol–water partition coefficient (Wildman–Crippen LogP) is 2.60. The summed E-state index contributed by atoms with van der Waals surface area (Å²) in [5, 5.41) is 19.6. The topological polar surface area (TPSA) is 62.5 Å². The minimum absolute atomic E-state index is 0.124. The van der Waals surface area contributed by atoms with Crippen molar-refractivity contribution in [3.05, 3.63) is 11.6 Å². The van der Waals surface area contributed by atoms with Gasteiger partial charge in [-0.3, -0.25) is 9.36 Å². The molecule has 1 aromatic heterocycles. The molecule has 4 heteroatoms. The van der Waals surface area contributed by atoms with Gasteiger partial charge in [-0.05, 0) is 45.4 Å². The van der Waals surface area contributed by atoms with Gasteiger partial charge in [0.1, 0.15) is 5.78 Å². The summed E-state index contributed by atoms with van der Waals surface area (Å²) in [7, 11) is 0. The lowest BCUT2D eigenvalue weighted by atomic mass is 9.80. The molecule has 0 unspecified atom stereocenters. The fraction of sp³-hybridized carbons (Fsp3) is 0.643. The molecule has 2 rings (SSSR count).